The van der Waals surface area contributed by atoms with E-state index in [1.165, 1.54) is 0 Å². The zero-order valence-electron chi connectivity index (χ0n) is 13.6. The Balaban J connectivity index is 1.79. The van der Waals surface area contributed by atoms with Gasteiger partial charge in [-0.2, -0.15) is 0 Å². The Kier molecular flexibility index (Phi) is 4.70. The molecule has 0 bridgehead atoms. The summed E-state index contributed by atoms with van der Waals surface area (Å²) in [5.74, 6) is 1.53. The van der Waals surface area contributed by atoms with E-state index in [-0.39, 0.29) is 5.56 Å². The molecule has 3 rings (SSSR count). The number of fused-ring (bicyclic) bond motifs is 1. The fraction of sp³-hybridized carbons (Fsp3) is 0.211. The third kappa shape index (κ3) is 3.51. The molecule has 0 atom stereocenters. The van der Waals surface area contributed by atoms with Crippen molar-refractivity contribution in [2.45, 2.75) is 13.5 Å². The molecule has 2 N–H and O–H groups in total. The van der Waals surface area contributed by atoms with Crippen LogP contribution in [0.15, 0.2) is 59.4 Å². The van der Waals surface area contributed by atoms with Crippen LogP contribution in [0.3, 0.4) is 0 Å². The predicted octanol–water partition coefficient (Wildman–Crippen LogP) is 3.06. The molecule has 0 aliphatic rings. The lowest BCUT2D eigenvalue weighted by molar-refractivity contribution is 0.298. The van der Waals surface area contributed by atoms with Crippen LogP contribution in [-0.2, 0) is 6.54 Å². The lowest BCUT2D eigenvalue weighted by atomic mass is 10.2. The van der Waals surface area contributed by atoms with Crippen LogP contribution in [-0.4, -0.2) is 17.8 Å². The summed E-state index contributed by atoms with van der Waals surface area (Å²) in [6.07, 6.45) is 0. The highest BCUT2D eigenvalue weighted by molar-refractivity contribution is 5.80. The summed E-state index contributed by atoms with van der Waals surface area (Å²) in [7, 11) is 0. The molecule has 1 aromatic heterocycles. The average Bonchev–Trinajstić information content (AvgIpc) is 2.59. The number of hydrogen-bond acceptors (Lipinski definition) is 4. The number of benzene rings is 2. The van der Waals surface area contributed by atoms with Crippen LogP contribution >= 0.6 is 0 Å². The molecule has 5 nitrogen and oxygen atoms in total. The van der Waals surface area contributed by atoms with Crippen LogP contribution in [0.5, 0.6) is 11.5 Å². The molecule has 0 radical (unpaired) electrons. The van der Waals surface area contributed by atoms with Gasteiger partial charge in [0.1, 0.15) is 18.1 Å². The fourth-order valence-corrected chi connectivity index (χ4v) is 2.59. The Morgan fingerprint density at radius 3 is 2.46 bits per heavy atom. The monoisotopic (exact) mass is 324 g/mol. The normalized spacial score (nSPS) is 10.7. The van der Waals surface area contributed by atoms with E-state index in [9.17, 15) is 4.79 Å². The van der Waals surface area contributed by atoms with E-state index in [0.717, 1.165) is 22.4 Å². The molecule has 0 saturated heterocycles. The number of anilines is 1. The molecular weight excluding hydrogens is 304 g/mol. The maximum Gasteiger partial charge on any atom is 0.251 e. The Bertz CT molecular complexity index is 885. The minimum absolute atomic E-state index is 0.0485. The highest BCUT2D eigenvalue weighted by atomic mass is 16.5. The molecule has 0 fully saturated rings. The summed E-state index contributed by atoms with van der Waals surface area (Å²) in [6, 6.07) is 16.3. The van der Waals surface area contributed by atoms with Gasteiger partial charge in [0.15, 0.2) is 0 Å². The first-order valence-electron chi connectivity index (χ1n) is 7.92. The van der Waals surface area contributed by atoms with Crippen LogP contribution in [0.1, 0.15) is 6.92 Å². The lowest BCUT2D eigenvalue weighted by Crippen LogP contribution is -2.22. The third-order valence-electron chi connectivity index (χ3n) is 3.74. The second-order valence-corrected chi connectivity index (χ2v) is 5.39. The topological polar surface area (TPSA) is 66.5 Å². The van der Waals surface area contributed by atoms with Gasteiger partial charge in [-0.15, -0.1) is 0 Å². The van der Waals surface area contributed by atoms with E-state index >= 15 is 0 Å². The zero-order chi connectivity index (χ0) is 16.9. The second kappa shape index (κ2) is 7.08. The lowest BCUT2D eigenvalue weighted by Gasteiger charge is -2.12. The van der Waals surface area contributed by atoms with E-state index < -0.39 is 0 Å². The summed E-state index contributed by atoms with van der Waals surface area (Å²) in [5.41, 5.74) is 7.16. The predicted molar refractivity (Wildman–Crippen MR) is 95.7 cm³/mol. The van der Waals surface area contributed by atoms with Gasteiger partial charge >= 0.3 is 0 Å². The van der Waals surface area contributed by atoms with E-state index in [1.54, 1.807) is 22.8 Å². The molecule has 1 heterocycles. The molecule has 0 spiro atoms. The molecule has 0 aliphatic heterocycles. The summed E-state index contributed by atoms with van der Waals surface area (Å²) in [4.78, 5) is 12.2. The number of aromatic nitrogens is 1. The van der Waals surface area contributed by atoms with Gasteiger partial charge in [-0.05, 0) is 55.5 Å². The summed E-state index contributed by atoms with van der Waals surface area (Å²) < 4.78 is 12.9. The Labute approximate surface area is 140 Å². The molecule has 0 aliphatic carbocycles. The zero-order valence-corrected chi connectivity index (χ0v) is 13.6. The van der Waals surface area contributed by atoms with E-state index in [0.29, 0.717) is 25.4 Å². The Morgan fingerprint density at radius 2 is 1.71 bits per heavy atom. The molecular formula is C19H20N2O3. The largest absolute Gasteiger partial charge is 0.494 e. The van der Waals surface area contributed by atoms with Crippen molar-refractivity contribution in [2.24, 2.45) is 0 Å². The van der Waals surface area contributed by atoms with Gasteiger partial charge in [0.25, 0.3) is 5.56 Å². The fourth-order valence-electron chi connectivity index (χ4n) is 2.59. The first-order chi connectivity index (χ1) is 11.7. The maximum atomic E-state index is 12.2. The van der Waals surface area contributed by atoms with Crippen LogP contribution < -0.4 is 20.8 Å². The number of pyridine rings is 1. The minimum Gasteiger partial charge on any atom is -0.494 e. The van der Waals surface area contributed by atoms with Crippen molar-refractivity contribution in [3.63, 3.8) is 0 Å². The first-order valence-corrected chi connectivity index (χ1v) is 7.92. The highest BCUT2D eigenvalue weighted by Gasteiger charge is 2.05. The van der Waals surface area contributed by atoms with Gasteiger partial charge in [0.05, 0.1) is 18.7 Å². The standard InChI is InChI=1S/C19H20N2O3/c1-2-23-17-8-9-18-14(13-17)3-10-19(22)21(18)11-12-24-16-6-4-15(20)5-7-16/h3-10,13H,2,11-12,20H2,1H3. The summed E-state index contributed by atoms with van der Waals surface area (Å²) in [5, 5.41) is 0.966. The number of nitrogen functional groups attached to an aromatic ring is 1. The van der Waals surface area contributed by atoms with Crippen molar-refractivity contribution < 1.29 is 9.47 Å². The molecule has 0 unspecified atom stereocenters. The Hall–Kier alpha value is -2.95. The number of nitrogens with zero attached hydrogens (tertiary/aromatic N) is 1. The molecule has 2 aromatic carbocycles. The minimum atomic E-state index is -0.0485. The van der Waals surface area contributed by atoms with Gasteiger partial charge in [-0.3, -0.25) is 4.79 Å². The van der Waals surface area contributed by atoms with Crippen molar-refractivity contribution in [3.05, 3.63) is 65.0 Å². The molecule has 24 heavy (non-hydrogen) atoms. The number of rotatable bonds is 6. The molecule has 0 amide bonds. The molecule has 5 heteroatoms. The van der Waals surface area contributed by atoms with Crippen molar-refractivity contribution in [1.29, 1.82) is 0 Å². The van der Waals surface area contributed by atoms with Gasteiger partial charge in [-0.25, -0.2) is 0 Å². The van der Waals surface area contributed by atoms with Gasteiger partial charge in [-0.1, -0.05) is 0 Å². The number of ether oxygens (including phenoxy) is 2. The smallest absolute Gasteiger partial charge is 0.251 e. The van der Waals surface area contributed by atoms with Crippen molar-refractivity contribution >= 4 is 16.6 Å². The number of hydrogen-bond donors (Lipinski definition) is 1. The first kappa shape index (κ1) is 15.9. The van der Waals surface area contributed by atoms with E-state index in [1.807, 2.05) is 43.3 Å². The SMILES string of the molecule is CCOc1ccc2c(ccc(=O)n2CCOc2ccc(N)cc2)c1. The third-order valence-corrected chi connectivity index (χ3v) is 3.74. The van der Waals surface area contributed by atoms with Crippen LogP contribution in [0.2, 0.25) is 0 Å². The average molecular weight is 324 g/mol. The van der Waals surface area contributed by atoms with Crippen LogP contribution in [0.4, 0.5) is 5.69 Å². The summed E-state index contributed by atoms with van der Waals surface area (Å²) >= 11 is 0. The maximum absolute atomic E-state index is 12.2. The highest BCUT2D eigenvalue weighted by Crippen LogP contribution is 2.20. The summed E-state index contributed by atoms with van der Waals surface area (Å²) in [6.45, 7) is 3.42. The Morgan fingerprint density at radius 1 is 0.958 bits per heavy atom. The second-order valence-electron chi connectivity index (χ2n) is 5.39. The van der Waals surface area contributed by atoms with E-state index in [2.05, 4.69) is 0 Å². The molecule has 3 aromatic rings. The van der Waals surface area contributed by atoms with Crippen molar-refractivity contribution in [2.75, 3.05) is 18.9 Å². The van der Waals surface area contributed by atoms with Crippen LogP contribution in [0, 0.1) is 0 Å². The molecule has 124 valence electrons. The van der Waals surface area contributed by atoms with Gasteiger partial charge < -0.3 is 19.8 Å². The van der Waals surface area contributed by atoms with Gasteiger partial charge in [0.2, 0.25) is 0 Å². The van der Waals surface area contributed by atoms with Crippen molar-refractivity contribution in [1.82, 2.24) is 4.57 Å². The molecule has 0 saturated carbocycles. The quantitative estimate of drug-likeness (QED) is 0.708. The van der Waals surface area contributed by atoms with Crippen molar-refractivity contribution in [3.8, 4) is 11.5 Å². The number of nitrogens with two attached hydrogens (primary N) is 1. The van der Waals surface area contributed by atoms with Gasteiger partial charge in [0, 0.05) is 17.1 Å². The van der Waals surface area contributed by atoms with Crippen LogP contribution in [0.25, 0.3) is 10.9 Å². The van der Waals surface area contributed by atoms with E-state index in [4.69, 9.17) is 15.2 Å².